The second-order valence-electron chi connectivity index (χ2n) is 9.40. The molecule has 9 heteroatoms. The first-order valence-corrected chi connectivity index (χ1v) is 14.1. The molecule has 1 saturated heterocycles. The van der Waals surface area contributed by atoms with Crippen molar-refractivity contribution in [2.24, 2.45) is 5.92 Å². The first-order valence-electron chi connectivity index (χ1n) is 12.3. The van der Waals surface area contributed by atoms with Gasteiger partial charge in [0.15, 0.2) is 11.5 Å². The van der Waals surface area contributed by atoms with Crippen molar-refractivity contribution in [2.75, 3.05) is 48.3 Å². The van der Waals surface area contributed by atoms with Crippen LogP contribution < -0.4 is 24.0 Å². The summed E-state index contributed by atoms with van der Waals surface area (Å²) < 4.78 is 37.2. The highest BCUT2D eigenvalue weighted by Gasteiger charge is 2.21. The van der Waals surface area contributed by atoms with Crippen molar-refractivity contribution in [3.05, 3.63) is 48.0 Å². The van der Waals surface area contributed by atoms with Gasteiger partial charge in [-0.3, -0.25) is 9.10 Å². The van der Waals surface area contributed by atoms with Gasteiger partial charge in [-0.25, -0.2) is 8.42 Å². The number of benzene rings is 2. The van der Waals surface area contributed by atoms with Crippen molar-refractivity contribution in [1.29, 1.82) is 0 Å². The Morgan fingerprint density at radius 1 is 1.11 bits per heavy atom. The molecule has 0 radical (unpaired) electrons. The molecule has 1 amide bonds. The van der Waals surface area contributed by atoms with Crippen LogP contribution in [0.25, 0.3) is 0 Å². The van der Waals surface area contributed by atoms with E-state index in [1.165, 1.54) is 22.8 Å². The van der Waals surface area contributed by atoms with E-state index in [4.69, 9.17) is 9.47 Å². The fourth-order valence-corrected chi connectivity index (χ4v) is 5.55. The average molecular weight is 502 g/mol. The van der Waals surface area contributed by atoms with Crippen LogP contribution in [0.2, 0.25) is 0 Å². The van der Waals surface area contributed by atoms with Gasteiger partial charge in [-0.2, -0.15) is 0 Å². The Morgan fingerprint density at radius 3 is 2.57 bits per heavy atom. The monoisotopic (exact) mass is 501 g/mol. The molecule has 4 rings (SSSR count). The number of hydrogen-bond acceptors (Lipinski definition) is 6. The van der Waals surface area contributed by atoms with E-state index >= 15 is 0 Å². The number of ether oxygens (including phenoxy) is 2. The maximum absolute atomic E-state index is 12.4. The van der Waals surface area contributed by atoms with E-state index in [1.54, 1.807) is 18.2 Å². The zero-order valence-corrected chi connectivity index (χ0v) is 21.4. The molecule has 8 nitrogen and oxygen atoms in total. The molecule has 35 heavy (non-hydrogen) atoms. The molecule has 1 atom stereocenters. The first-order chi connectivity index (χ1) is 16.8. The number of nitrogens with one attached hydrogen (secondary N) is 1. The first kappa shape index (κ1) is 25.2. The van der Waals surface area contributed by atoms with Gasteiger partial charge in [-0.15, -0.1) is 0 Å². The number of fused-ring (bicyclic) bond motifs is 1. The maximum atomic E-state index is 12.4. The summed E-state index contributed by atoms with van der Waals surface area (Å²) in [6.45, 7) is 6.03. The summed E-state index contributed by atoms with van der Waals surface area (Å²) in [7, 11) is -3.51. The van der Waals surface area contributed by atoms with E-state index < -0.39 is 10.0 Å². The third kappa shape index (κ3) is 6.81. The zero-order valence-electron chi connectivity index (χ0n) is 20.5. The zero-order chi connectivity index (χ0) is 24.8. The maximum Gasteiger partial charge on any atom is 0.232 e. The van der Waals surface area contributed by atoms with Crippen LogP contribution in [0.3, 0.4) is 0 Å². The highest BCUT2D eigenvalue weighted by atomic mass is 32.2. The summed E-state index contributed by atoms with van der Waals surface area (Å²) in [4.78, 5) is 14.8. The minimum atomic E-state index is -3.51. The SMILES string of the molecule is C[C@@H]1CCCN(c2ccc(CNC(=O)CCCN(c3ccc4c(c3)OCCO4)S(C)(=O)=O)cc2)C1. The van der Waals surface area contributed by atoms with Crippen molar-refractivity contribution < 1.29 is 22.7 Å². The lowest BCUT2D eigenvalue weighted by atomic mass is 9.99. The van der Waals surface area contributed by atoms with Gasteiger partial charge in [0.05, 0.1) is 11.9 Å². The highest BCUT2D eigenvalue weighted by molar-refractivity contribution is 7.92. The van der Waals surface area contributed by atoms with Crippen molar-refractivity contribution in [3.63, 3.8) is 0 Å². The molecule has 2 aromatic carbocycles. The lowest BCUT2D eigenvalue weighted by molar-refractivity contribution is -0.121. The number of anilines is 2. The van der Waals surface area contributed by atoms with Crippen LogP contribution in [0.4, 0.5) is 11.4 Å². The molecule has 0 aromatic heterocycles. The van der Waals surface area contributed by atoms with Gasteiger partial charge in [0.1, 0.15) is 13.2 Å². The Morgan fingerprint density at radius 2 is 1.86 bits per heavy atom. The van der Waals surface area contributed by atoms with Gasteiger partial charge in [0.2, 0.25) is 15.9 Å². The molecule has 2 heterocycles. The van der Waals surface area contributed by atoms with Crippen molar-refractivity contribution in [3.8, 4) is 11.5 Å². The van der Waals surface area contributed by atoms with Gasteiger partial charge in [-0.05, 0) is 55.0 Å². The number of amides is 1. The molecule has 2 aliphatic rings. The Kier molecular flexibility index (Phi) is 8.05. The summed E-state index contributed by atoms with van der Waals surface area (Å²) in [6, 6.07) is 13.4. The van der Waals surface area contributed by atoms with E-state index in [2.05, 4.69) is 41.4 Å². The molecule has 0 spiro atoms. The van der Waals surface area contributed by atoms with Crippen molar-refractivity contribution >= 4 is 27.3 Å². The van der Waals surface area contributed by atoms with Crippen LogP contribution in [-0.2, 0) is 21.4 Å². The van der Waals surface area contributed by atoms with Gasteiger partial charge < -0.3 is 19.7 Å². The molecule has 2 aliphatic heterocycles. The summed E-state index contributed by atoms with van der Waals surface area (Å²) in [5.74, 6) is 1.75. The molecule has 1 N–H and O–H groups in total. The Hall–Kier alpha value is -2.94. The number of hydrogen-bond donors (Lipinski definition) is 1. The number of sulfonamides is 1. The molecule has 1 fully saturated rings. The van der Waals surface area contributed by atoms with Crippen LogP contribution in [-0.4, -0.2) is 53.4 Å². The Bertz CT molecular complexity index is 1120. The van der Waals surface area contributed by atoms with Crippen molar-refractivity contribution in [1.82, 2.24) is 5.32 Å². The molecule has 0 bridgehead atoms. The van der Waals surface area contributed by atoms with Crippen LogP contribution in [0.1, 0.15) is 38.2 Å². The summed E-state index contributed by atoms with van der Waals surface area (Å²) in [6.07, 6.45) is 4.32. The molecule has 2 aromatic rings. The van der Waals surface area contributed by atoms with Gasteiger partial charge in [-0.1, -0.05) is 19.1 Å². The van der Waals surface area contributed by atoms with E-state index in [0.29, 0.717) is 43.4 Å². The number of piperidine rings is 1. The normalized spacial score (nSPS) is 17.7. The van der Waals surface area contributed by atoms with Gasteiger partial charge in [0, 0.05) is 44.4 Å². The van der Waals surface area contributed by atoms with Crippen molar-refractivity contribution in [2.45, 2.75) is 39.2 Å². The van der Waals surface area contributed by atoms with E-state index in [9.17, 15) is 13.2 Å². The molecular formula is C26H35N3O5S. The minimum Gasteiger partial charge on any atom is -0.486 e. The van der Waals surface area contributed by atoms with Crippen LogP contribution in [0.5, 0.6) is 11.5 Å². The highest BCUT2D eigenvalue weighted by Crippen LogP contribution is 2.34. The standard InChI is InChI=1S/C26H35N3O5S/c1-20-5-3-13-28(19-20)22-9-7-21(8-10-22)18-27-26(30)6-4-14-29(35(2,31)32)23-11-12-24-25(17-23)34-16-15-33-24/h7-12,17,20H,3-6,13-16,18-19H2,1-2H3,(H,27,30)/t20-/m1/s1. The Balaban J connectivity index is 1.26. The average Bonchev–Trinajstić information content (AvgIpc) is 2.84. The van der Waals surface area contributed by atoms with Crippen LogP contribution >= 0.6 is 0 Å². The summed E-state index contributed by atoms with van der Waals surface area (Å²) >= 11 is 0. The predicted octanol–water partition coefficient (Wildman–Crippen LogP) is 3.56. The minimum absolute atomic E-state index is 0.102. The number of rotatable bonds is 9. The second kappa shape index (κ2) is 11.2. The molecular weight excluding hydrogens is 466 g/mol. The molecule has 190 valence electrons. The van der Waals surface area contributed by atoms with Crippen LogP contribution in [0, 0.1) is 5.92 Å². The summed E-state index contributed by atoms with van der Waals surface area (Å²) in [5.41, 5.74) is 2.77. The number of carbonyl (C=O) groups is 1. The predicted molar refractivity (Wildman–Crippen MR) is 138 cm³/mol. The fourth-order valence-electron chi connectivity index (χ4n) is 4.59. The van der Waals surface area contributed by atoms with E-state index in [1.807, 2.05) is 0 Å². The largest absolute Gasteiger partial charge is 0.486 e. The Labute approximate surface area is 208 Å². The van der Waals surface area contributed by atoms with Gasteiger partial charge in [0.25, 0.3) is 0 Å². The van der Waals surface area contributed by atoms with Crippen LogP contribution in [0.15, 0.2) is 42.5 Å². The quantitative estimate of drug-likeness (QED) is 0.565. The fraction of sp³-hybridized carbons (Fsp3) is 0.500. The van der Waals surface area contributed by atoms with E-state index in [-0.39, 0.29) is 18.9 Å². The molecule has 0 saturated carbocycles. The molecule has 0 unspecified atom stereocenters. The third-order valence-electron chi connectivity index (χ3n) is 6.43. The topological polar surface area (TPSA) is 88.2 Å². The smallest absolute Gasteiger partial charge is 0.232 e. The van der Waals surface area contributed by atoms with E-state index in [0.717, 1.165) is 30.8 Å². The number of nitrogens with zero attached hydrogens (tertiary/aromatic N) is 2. The number of carbonyl (C=O) groups excluding carboxylic acids is 1. The molecule has 0 aliphatic carbocycles. The second-order valence-corrected chi connectivity index (χ2v) is 11.3. The van der Waals surface area contributed by atoms with Gasteiger partial charge >= 0.3 is 0 Å². The summed E-state index contributed by atoms with van der Waals surface area (Å²) in [5, 5.41) is 2.94. The third-order valence-corrected chi connectivity index (χ3v) is 7.62. The lowest BCUT2D eigenvalue weighted by Gasteiger charge is -2.32. The lowest BCUT2D eigenvalue weighted by Crippen LogP contribution is -2.34.